The van der Waals surface area contributed by atoms with Gasteiger partial charge < -0.3 is 10.6 Å². The maximum absolute atomic E-state index is 12.4. The second kappa shape index (κ2) is 5.10. The van der Waals surface area contributed by atoms with Gasteiger partial charge in [0.1, 0.15) is 0 Å². The van der Waals surface area contributed by atoms with Crippen molar-refractivity contribution in [2.45, 2.75) is 45.2 Å². The Bertz CT molecular complexity index is 438. The Morgan fingerprint density at radius 1 is 1.67 bits per heavy atom. The van der Waals surface area contributed by atoms with E-state index < -0.39 is 0 Å². The first-order valence-corrected chi connectivity index (χ1v) is 6.59. The Morgan fingerprint density at radius 2 is 2.39 bits per heavy atom. The number of aromatic nitrogens is 2. The number of fused-ring (bicyclic) bond motifs is 1. The minimum absolute atomic E-state index is 0.0478. The highest BCUT2D eigenvalue weighted by Gasteiger charge is 2.28. The molecule has 2 rings (SSSR count). The van der Waals surface area contributed by atoms with Gasteiger partial charge in [-0.25, -0.2) is 0 Å². The van der Waals surface area contributed by atoms with Crippen LogP contribution < -0.4 is 5.73 Å². The molecule has 1 aliphatic heterocycles. The van der Waals surface area contributed by atoms with E-state index in [9.17, 15) is 4.79 Å². The fourth-order valence-electron chi connectivity index (χ4n) is 2.45. The largest absolute Gasteiger partial charge is 0.339 e. The molecular weight excluding hydrogens is 228 g/mol. The van der Waals surface area contributed by atoms with Gasteiger partial charge in [0, 0.05) is 32.1 Å². The number of carbonyl (C=O) groups excluding carboxylic acids is 1. The van der Waals surface area contributed by atoms with Gasteiger partial charge in [0.05, 0.1) is 17.5 Å². The Kier molecular flexibility index (Phi) is 3.71. The Hall–Kier alpha value is -1.36. The number of amides is 1. The van der Waals surface area contributed by atoms with Gasteiger partial charge in [-0.05, 0) is 26.7 Å². The number of nitrogens with two attached hydrogens (primary N) is 1. The molecule has 5 heteroatoms. The average Bonchev–Trinajstić information content (AvgIpc) is 2.80. The molecule has 0 saturated carbocycles. The number of carbonyl (C=O) groups is 1. The van der Waals surface area contributed by atoms with E-state index in [0.29, 0.717) is 6.54 Å². The molecule has 0 bridgehead atoms. The number of rotatable bonds is 3. The van der Waals surface area contributed by atoms with Crippen molar-refractivity contribution in [2.24, 2.45) is 5.73 Å². The van der Waals surface area contributed by atoms with Gasteiger partial charge in [0.2, 0.25) is 0 Å². The average molecular weight is 250 g/mol. The SMILES string of the molecule is CC(C)N(C)C(=O)c1cnn2c1C(CN)CCC2. The van der Waals surface area contributed by atoms with Crippen LogP contribution in [-0.4, -0.2) is 40.2 Å². The monoisotopic (exact) mass is 250 g/mol. The Balaban J connectivity index is 2.35. The maximum Gasteiger partial charge on any atom is 0.257 e. The molecule has 100 valence electrons. The normalized spacial score (nSPS) is 18.8. The smallest absolute Gasteiger partial charge is 0.257 e. The van der Waals surface area contributed by atoms with Crippen molar-refractivity contribution in [1.82, 2.24) is 14.7 Å². The molecule has 5 nitrogen and oxygen atoms in total. The van der Waals surface area contributed by atoms with Crippen LogP contribution in [0.2, 0.25) is 0 Å². The molecule has 0 aromatic carbocycles. The zero-order valence-corrected chi connectivity index (χ0v) is 11.4. The third-order valence-electron chi connectivity index (χ3n) is 3.80. The molecule has 1 aliphatic rings. The lowest BCUT2D eigenvalue weighted by Gasteiger charge is -2.26. The van der Waals surface area contributed by atoms with Crippen molar-refractivity contribution in [1.29, 1.82) is 0 Å². The maximum atomic E-state index is 12.4. The molecule has 1 unspecified atom stereocenters. The molecule has 2 heterocycles. The number of aryl methyl sites for hydroxylation is 1. The third-order valence-corrected chi connectivity index (χ3v) is 3.80. The fourth-order valence-corrected chi connectivity index (χ4v) is 2.45. The summed E-state index contributed by atoms with van der Waals surface area (Å²) in [4.78, 5) is 14.2. The van der Waals surface area contributed by atoms with Crippen LogP contribution in [0.15, 0.2) is 6.20 Å². The van der Waals surface area contributed by atoms with Gasteiger partial charge >= 0.3 is 0 Å². The van der Waals surface area contributed by atoms with Gasteiger partial charge in [-0.1, -0.05) is 0 Å². The van der Waals surface area contributed by atoms with Crippen LogP contribution in [0.5, 0.6) is 0 Å². The van der Waals surface area contributed by atoms with Gasteiger partial charge in [-0.15, -0.1) is 0 Å². The van der Waals surface area contributed by atoms with E-state index in [1.54, 1.807) is 11.1 Å². The highest BCUT2D eigenvalue weighted by Crippen LogP contribution is 2.29. The summed E-state index contributed by atoms with van der Waals surface area (Å²) in [5.41, 5.74) is 7.57. The molecule has 0 radical (unpaired) electrons. The molecule has 0 aliphatic carbocycles. The van der Waals surface area contributed by atoms with Gasteiger partial charge in [-0.2, -0.15) is 5.10 Å². The molecule has 18 heavy (non-hydrogen) atoms. The summed E-state index contributed by atoms with van der Waals surface area (Å²) in [7, 11) is 1.83. The van der Waals surface area contributed by atoms with Crippen molar-refractivity contribution >= 4 is 5.91 Å². The lowest BCUT2D eigenvalue weighted by molar-refractivity contribution is 0.0752. The standard InChI is InChI=1S/C13H22N4O/c1-9(2)16(3)13(18)11-8-15-17-6-4-5-10(7-14)12(11)17/h8-10H,4-7,14H2,1-3H3. The highest BCUT2D eigenvalue weighted by molar-refractivity contribution is 5.95. The second-order valence-corrected chi connectivity index (χ2v) is 5.25. The molecule has 1 aromatic rings. The Morgan fingerprint density at radius 3 is 3.00 bits per heavy atom. The molecule has 1 amide bonds. The molecule has 0 spiro atoms. The van der Waals surface area contributed by atoms with E-state index in [1.165, 1.54) is 0 Å². The summed E-state index contributed by atoms with van der Waals surface area (Å²) in [5, 5.41) is 4.33. The number of nitrogens with zero attached hydrogens (tertiary/aromatic N) is 3. The summed E-state index contributed by atoms with van der Waals surface area (Å²) in [6, 6.07) is 0.188. The van der Waals surface area contributed by atoms with E-state index in [-0.39, 0.29) is 17.9 Å². The van der Waals surface area contributed by atoms with Crippen molar-refractivity contribution in [3.63, 3.8) is 0 Å². The first-order valence-electron chi connectivity index (χ1n) is 6.59. The summed E-state index contributed by atoms with van der Waals surface area (Å²) in [6.07, 6.45) is 3.84. The molecule has 1 aromatic heterocycles. The quantitative estimate of drug-likeness (QED) is 0.876. The van der Waals surface area contributed by atoms with Gasteiger partial charge in [-0.3, -0.25) is 9.48 Å². The first kappa shape index (κ1) is 13.1. The minimum atomic E-state index is 0.0478. The molecule has 2 N–H and O–H groups in total. The van der Waals surface area contributed by atoms with Crippen molar-refractivity contribution in [3.8, 4) is 0 Å². The van der Waals surface area contributed by atoms with E-state index in [1.807, 2.05) is 25.6 Å². The highest BCUT2D eigenvalue weighted by atomic mass is 16.2. The minimum Gasteiger partial charge on any atom is -0.339 e. The lowest BCUT2D eigenvalue weighted by atomic mass is 9.93. The van der Waals surface area contributed by atoms with Crippen LogP contribution in [0, 0.1) is 0 Å². The topological polar surface area (TPSA) is 64.2 Å². The summed E-state index contributed by atoms with van der Waals surface area (Å²) >= 11 is 0. The Labute approximate surface area is 108 Å². The number of hydrogen-bond acceptors (Lipinski definition) is 3. The lowest BCUT2D eigenvalue weighted by Crippen LogP contribution is -2.34. The van der Waals surface area contributed by atoms with Crippen LogP contribution >= 0.6 is 0 Å². The van der Waals surface area contributed by atoms with Gasteiger partial charge in [0.25, 0.3) is 5.91 Å². The van der Waals surface area contributed by atoms with Crippen LogP contribution in [0.4, 0.5) is 0 Å². The summed E-state index contributed by atoms with van der Waals surface area (Å²) < 4.78 is 1.95. The second-order valence-electron chi connectivity index (χ2n) is 5.25. The first-order chi connectivity index (χ1) is 8.56. The van der Waals surface area contributed by atoms with Crippen LogP contribution in [0.3, 0.4) is 0 Å². The van der Waals surface area contributed by atoms with Crippen LogP contribution in [0.25, 0.3) is 0 Å². The molecule has 0 saturated heterocycles. The number of hydrogen-bond donors (Lipinski definition) is 1. The van der Waals surface area contributed by atoms with Gasteiger partial charge in [0.15, 0.2) is 0 Å². The van der Waals surface area contributed by atoms with Crippen molar-refractivity contribution < 1.29 is 4.79 Å². The summed E-state index contributed by atoms with van der Waals surface area (Å²) in [6.45, 7) is 5.49. The van der Waals surface area contributed by atoms with Crippen LogP contribution in [0.1, 0.15) is 48.7 Å². The van der Waals surface area contributed by atoms with Crippen molar-refractivity contribution in [2.75, 3.05) is 13.6 Å². The van der Waals surface area contributed by atoms with E-state index in [2.05, 4.69) is 5.10 Å². The van der Waals surface area contributed by atoms with E-state index in [0.717, 1.165) is 30.6 Å². The van der Waals surface area contributed by atoms with Crippen LogP contribution in [-0.2, 0) is 6.54 Å². The zero-order chi connectivity index (χ0) is 13.3. The third kappa shape index (κ3) is 2.14. The predicted molar refractivity (Wildman–Crippen MR) is 70.5 cm³/mol. The molecule has 0 fully saturated rings. The predicted octanol–water partition coefficient (Wildman–Crippen LogP) is 1.20. The van der Waals surface area contributed by atoms with Crippen molar-refractivity contribution in [3.05, 3.63) is 17.5 Å². The van der Waals surface area contributed by atoms with E-state index in [4.69, 9.17) is 5.73 Å². The molecule has 1 atom stereocenters. The van der Waals surface area contributed by atoms with E-state index >= 15 is 0 Å². The molecular formula is C13H22N4O. The zero-order valence-electron chi connectivity index (χ0n) is 11.4. The summed E-state index contributed by atoms with van der Waals surface area (Å²) in [5.74, 6) is 0.312. The fraction of sp³-hybridized carbons (Fsp3) is 0.692.